The first-order valence-electron chi connectivity index (χ1n) is 7.23. The van der Waals surface area contributed by atoms with E-state index in [1.54, 1.807) is 11.3 Å². The number of amides is 1. The number of nitrogens with one attached hydrogen (secondary N) is 1. The van der Waals surface area contributed by atoms with E-state index in [4.69, 9.17) is 5.73 Å². The van der Waals surface area contributed by atoms with Crippen LogP contribution >= 0.6 is 23.7 Å². The number of thiophene rings is 1. The lowest BCUT2D eigenvalue weighted by molar-refractivity contribution is -0.127. The Balaban J connectivity index is 0.00000200. The molecule has 2 rings (SSSR count). The van der Waals surface area contributed by atoms with E-state index in [-0.39, 0.29) is 29.8 Å². The minimum atomic E-state index is -0.274. The lowest BCUT2D eigenvalue weighted by atomic mass is 9.72. The Morgan fingerprint density at radius 1 is 1.45 bits per heavy atom. The van der Waals surface area contributed by atoms with Gasteiger partial charge in [-0.3, -0.25) is 4.79 Å². The molecule has 1 heterocycles. The predicted molar refractivity (Wildman–Crippen MR) is 87.6 cm³/mol. The Labute approximate surface area is 131 Å². The van der Waals surface area contributed by atoms with Gasteiger partial charge in [-0.15, -0.1) is 23.7 Å². The molecule has 1 aromatic heterocycles. The third-order valence-corrected chi connectivity index (χ3v) is 5.09. The number of nitrogens with two attached hydrogens (primary N) is 1. The molecular formula is C15H25ClN2OS. The molecule has 0 spiro atoms. The second-order valence-corrected chi connectivity index (χ2v) is 6.59. The van der Waals surface area contributed by atoms with Crippen molar-refractivity contribution < 1.29 is 4.79 Å². The number of hydrogen-bond acceptors (Lipinski definition) is 3. The van der Waals surface area contributed by atoms with Crippen molar-refractivity contribution in [3.8, 4) is 0 Å². The van der Waals surface area contributed by atoms with E-state index in [2.05, 4.69) is 16.8 Å². The third kappa shape index (κ3) is 3.96. The molecule has 1 aromatic rings. The van der Waals surface area contributed by atoms with E-state index in [1.165, 1.54) is 11.3 Å². The van der Waals surface area contributed by atoms with Gasteiger partial charge in [-0.25, -0.2) is 0 Å². The van der Waals surface area contributed by atoms with E-state index in [9.17, 15) is 4.79 Å². The zero-order valence-electron chi connectivity index (χ0n) is 12.1. The third-order valence-electron chi connectivity index (χ3n) is 4.02. The standard InChI is InChI=1S/C15H24N2OS.ClH/c1-12(16)7-10-17-14(18)15(8-3-2-4-9-15)13-6-5-11-19-13;/h5-6,11-12H,2-4,7-10,16H2,1H3,(H,17,18);1H. The van der Waals surface area contributed by atoms with Crippen LogP contribution in [0, 0.1) is 0 Å². The van der Waals surface area contributed by atoms with Crippen molar-refractivity contribution in [2.24, 2.45) is 5.73 Å². The number of carbonyl (C=O) groups is 1. The van der Waals surface area contributed by atoms with Crippen LogP contribution in [0.5, 0.6) is 0 Å². The number of halogens is 1. The lowest BCUT2D eigenvalue weighted by Crippen LogP contribution is -2.46. The fraction of sp³-hybridized carbons (Fsp3) is 0.667. The summed E-state index contributed by atoms with van der Waals surface area (Å²) < 4.78 is 0. The summed E-state index contributed by atoms with van der Waals surface area (Å²) in [5.74, 6) is 0.204. The Hall–Kier alpha value is -0.580. The maximum atomic E-state index is 12.7. The minimum Gasteiger partial charge on any atom is -0.355 e. The summed E-state index contributed by atoms with van der Waals surface area (Å²) >= 11 is 1.71. The molecule has 0 aromatic carbocycles. The summed E-state index contributed by atoms with van der Waals surface area (Å²) in [6.45, 7) is 2.66. The van der Waals surface area contributed by atoms with Crippen LogP contribution in [0.25, 0.3) is 0 Å². The van der Waals surface area contributed by atoms with Crippen LogP contribution in [0.15, 0.2) is 17.5 Å². The first-order valence-corrected chi connectivity index (χ1v) is 8.11. The largest absolute Gasteiger partial charge is 0.355 e. The van der Waals surface area contributed by atoms with Crippen molar-refractivity contribution in [1.29, 1.82) is 0 Å². The fourth-order valence-electron chi connectivity index (χ4n) is 2.87. The second-order valence-electron chi connectivity index (χ2n) is 5.64. The molecule has 1 saturated carbocycles. The van der Waals surface area contributed by atoms with Gasteiger partial charge in [-0.05, 0) is 37.6 Å². The van der Waals surface area contributed by atoms with Crippen molar-refractivity contribution in [1.82, 2.24) is 5.32 Å². The van der Waals surface area contributed by atoms with Crippen molar-refractivity contribution >= 4 is 29.7 Å². The van der Waals surface area contributed by atoms with Crippen molar-refractivity contribution in [3.63, 3.8) is 0 Å². The van der Waals surface area contributed by atoms with Gasteiger partial charge in [0.05, 0.1) is 5.41 Å². The Morgan fingerprint density at radius 3 is 2.70 bits per heavy atom. The second kappa shape index (κ2) is 8.01. The smallest absolute Gasteiger partial charge is 0.231 e. The van der Waals surface area contributed by atoms with Crippen LogP contribution in [0.2, 0.25) is 0 Å². The van der Waals surface area contributed by atoms with Gasteiger partial charge in [0.15, 0.2) is 0 Å². The molecule has 1 aliphatic carbocycles. The van der Waals surface area contributed by atoms with Gasteiger partial charge in [0, 0.05) is 17.5 Å². The molecular weight excluding hydrogens is 292 g/mol. The number of carbonyl (C=O) groups excluding carboxylic acids is 1. The molecule has 1 unspecified atom stereocenters. The van der Waals surface area contributed by atoms with Gasteiger partial charge in [-0.2, -0.15) is 0 Å². The van der Waals surface area contributed by atoms with Gasteiger partial charge >= 0.3 is 0 Å². The van der Waals surface area contributed by atoms with E-state index in [1.807, 2.05) is 13.0 Å². The molecule has 1 aliphatic rings. The quantitative estimate of drug-likeness (QED) is 0.876. The highest BCUT2D eigenvalue weighted by molar-refractivity contribution is 7.10. The van der Waals surface area contributed by atoms with Gasteiger partial charge < -0.3 is 11.1 Å². The first kappa shape index (κ1) is 17.5. The Morgan fingerprint density at radius 2 is 2.15 bits per heavy atom. The van der Waals surface area contributed by atoms with Crippen molar-refractivity contribution in [3.05, 3.63) is 22.4 Å². The average Bonchev–Trinajstić information content (AvgIpc) is 2.93. The Kier molecular flexibility index (Phi) is 7.00. The highest BCUT2D eigenvalue weighted by Gasteiger charge is 2.41. The molecule has 114 valence electrons. The molecule has 20 heavy (non-hydrogen) atoms. The molecule has 0 saturated heterocycles. The normalized spacial score (nSPS) is 18.9. The number of hydrogen-bond donors (Lipinski definition) is 2. The highest BCUT2D eigenvalue weighted by atomic mass is 35.5. The minimum absolute atomic E-state index is 0. The van der Waals surface area contributed by atoms with E-state index < -0.39 is 0 Å². The summed E-state index contributed by atoms with van der Waals surface area (Å²) in [5, 5.41) is 5.17. The van der Waals surface area contributed by atoms with Crippen molar-refractivity contribution in [2.75, 3.05) is 6.54 Å². The van der Waals surface area contributed by atoms with Crippen LogP contribution in [0.1, 0.15) is 50.3 Å². The summed E-state index contributed by atoms with van der Waals surface area (Å²) in [6.07, 6.45) is 6.36. The van der Waals surface area contributed by atoms with E-state index >= 15 is 0 Å². The van der Waals surface area contributed by atoms with E-state index in [0.29, 0.717) is 6.54 Å². The molecule has 1 amide bonds. The fourth-order valence-corrected chi connectivity index (χ4v) is 3.86. The van der Waals surface area contributed by atoms with E-state index in [0.717, 1.165) is 32.1 Å². The SMILES string of the molecule is CC(N)CCNC(=O)C1(c2cccs2)CCCCC1.Cl. The van der Waals surface area contributed by atoms with Gasteiger partial charge in [0.2, 0.25) is 5.91 Å². The van der Waals surface area contributed by atoms with Crippen molar-refractivity contribution in [2.45, 2.75) is 56.9 Å². The molecule has 1 fully saturated rings. The van der Waals surface area contributed by atoms with Crippen LogP contribution in [-0.4, -0.2) is 18.5 Å². The average molecular weight is 317 g/mol. The monoisotopic (exact) mass is 316 g/mol. The topological polar surface area (TPSA) is 55.1 Å². The molecule has 0 radical (unpaired) electrons. The highest BCUT2D eigenvalue weighted by Crippen LogP contribution is 2.41. The predicted octanol–water partition coefficient (Wildman–Crippen LogP) is 3.23. The Bertz CT molecular complexity index is 400. The van der Waals surface area contributed by atoms with Crippen LogP contribution in [0.3, 0.4) is 0 Å². The maximum Gasteiger partial charge on any atom is 0.231 e. The van der Waals surface area contributed by atoms with Gasteiger partial charge in [0.25, 0.3) is 0 Å². The summed E-state index contributed by atoms with van der Waals surface area (Å²) in [7, 11) is 0. The molecule has 3 N–H and O–H groups in total. The molecule has 0 bridgehead atoms. The van der Waals surface area contributed by atoms with Gasteiger partial charge in [0.1, 0.15) is 0 Å². The van der Waals surface area contributed by atoms with Gasteiger partial charge in [-0.1, -0.05) is 25.3 Å². The molecule has 3 nitrogen and oxygen atoms in total. The zero-order valence-corrected chi connectivity index (χ0v) is 13.7. The maximum absolute atomic E-state index is 12.7. The first-order chi connectivity index (χ1) is 9.15. The summed E-state index contributed by atoms with van der Waals surface area (Å²) in [4.78, 5) is 13.9. The van der Waals surface area contributed by atoms with Crippen LogP contribution in [-0.2, 0) is 10.2 Å². The molecule has 1 atom stereocenters. The molecule has 5 heteroatoms. The molecule has 0 aliphatic heterocycles. The van der Waals surface area contributed by atoms with Crippen LogP contribution < -0.4 is 11.1 Å². The summed E-state index contributed by atoms with van der Waals surface area (Å²) in [5.41, 5.74) is 5.46. The summed E-state index contributed by atoms with van der Waals surface area (Å²) in [6, 6.07) is 4.30. The zero-order chi connectivity index (χ0) is 13.7. The number of rotatable bonds is 5. The van der Waals surface area contributed by atoms with Crippen LogP contribution in [0.4, 0.5) is 0 Å². The lowest BCUT2D eigenvalue weighted by Gasteiger charge is -2.35.